The van der Waals surface area contributed by atoms with Gasteiger partial charge in [0.15, 0.2) is 0 Å². The Kier molecular flexibility index (Phi) is 5.03. The third-order valence-corrected chi connectivity index (χ3v) is 6.62. The Morgan fingerprint density at radius 1 is 1.24 bits per heavy atom. The quantitative estimate of drug-likeness (QED) is 0.741. The highest BCUT2D eigenvalue weighted by Gasteiger charge is 2.22. The van der Waals surface area contributed by atoms with Crippen molar-refractivity contribution in [2.45, 2.75) is 32.5 Å². The number of benzene rings is 1. The van der Waals surface area contributed by atoms with Crippen LogP contribution in [0.5, 0.6) is 0 Å². The molecule has 0 amide bonds. The van der Waals surface area contributed by atoms with Crippen LogP contribution < -0.4 is 5.73 Å². The molecule has 2 N–H and O–H groups in total. The second-order valence-electron chi connectivity index (χ2n) is 6.69. The number of aromatic nitrogens is 3. The van der Waals surface area contributed by atoms with Crippen molar-refractivity contribution in [3.63, 3.8) is 0 Å². The Morgan fingerprint density at radius 2 is 2.04 bits per heavy atom. The standard InChI is InChI=1S/C18H22ClN5S/c19-18-15-3-1-2-4-16(15)25-17(18)12-23-7-5-13(6-8-23)10-24-11-14(9-20)21-22-24/h1-4,11,13H,5-10,12,20H2. The first-order valence-electron chi connectivity index (χ1n) is 8.70. The van der Waals surface area contributed by atoms with Crippen LogP contribution in [0.3, 0.4) is 0 Å². The van der Waals surface area contributed by atoms with Gasteiger partial charge >= 0.3 is 0 Å². The molecule has 1 fully saturated rings. The molecule has 0 spiro atoms. The smallest absolute Gasteiger partial charge is 0.0962 e. The van der Waals surface area contributed by atoms with Gasteiger partial charge in [-0.3, -0.25) is 9.58 Å². The molecule has 1 aromatic carbocycles. The summed E-state index contributed by atoms with van der Waals surface area (Å²) >= 11 is 8.40. The van der Waals surface area contributed by atoms with Gasteiger partial charge in [-0.2, -0.15) is 0 Å². The fourth-order valence-electron chi connectivity index (χ4n) is 3.48. The molecule has 1 aliphatic heterocycles. The van der Waals surface area contributed by atoms with Crippen molar-refractivity contribution in [2.24, 2.45) is 11.7 Å². The van der Waals surface area contributed by atoms with E-state index < -0.39 is 0 Å². The highest BCUT2D eigenvalue weighted by molar-refractivity contribution is 7.19. The van der Waals surface area contributed by atoms with Crippen LogP contribution >= 0.6 is 22.9 Å². The fraction of sp³-hybridized carbons (Fsp3) is 0.444. The molecule has 0 unspecified atom stereocenters. The molecular weight excluding hydrogens is 354 g/mol. The summed E-state index contributed by atoms with van der Waals surface area (Å²) in [5, 5.41) is 10.3. The van der Waals surface area contributed by atoms with Crippen molar-refractivity contribution in [1.82, 2.24) is 19.9 Å². The van der Waals surface area contributed by atoms with Gasteiger partial charge in [-0.25, -0.2) is 0 Å². The molecule has 3 heterocycles. The number of likely N-dealkylation sites (tertiary alicyclic amines) is 1. The number of hydrogen-bond donors (Lipinski definition) is 1. The Hall–Kier alpha value is -1.47. The first-order chi connectivity index (χ1) is 12.2. The lowest BCUT2D eigenvalue weighted by Gasteiger charge is -2.31. The third kappa shape index (κ3) is 3.72. The molecule has 5 nitrogen and oxygen atoms in total. The Labute approximate surface area is 156 Å². The minimum Gasteiger partial charge on any atom is -0.325 e. The molecule has 1 saturated heterocycles. The van der Waals surface area contributed by atoms with E-state index in [0.29, 0.717) is 12.5 Å². The van der Waals surface area contributed by atoms with Crippen LogP contribution in [0.4, 0.5) is 0 Å². The number of nitrogens with two attached hydrogens (primary N) is 1. The molecule has 0 radical (unpaired) electrons. The van der Waals surface area contributed by atoms with Gasteiger partial charge in [0, 0.05) is 40.8 Å². The molecule has 0 atom stereocenters. The molecule has 1 aliphatic rings. The number of fused-ring (bicyclic) bond motifs is 1. The SMILES string of the molecule is NCc1cn(CC2CCN(Cc3sc4ccccc4c3Cl)CC2)nn1. The molecule has 0 aliphatic carbocycles. The molecule has 4 rings (SSSR count). The van der Waals surface area contributed by atoms with Crippen LogP contribution in [0.25, 0.3) is 10.1 Å². The van der Waals surface area contributed by atoms with E-state index in [1.54, 1.807) is 0 Å². The number of rotatable bonds is 5. The molecule has 132 valence electrons. The number of halogens is 1. The highest BCUT2D eigenvalue weighted by atomic mass is 35.5. The van der Waals surface area contributed by atoms with Gasteiger partial charge in [-0.05, 0) is 37.9 Å². The largest absolute Gasteiger partial charge is 0.325 e. The van der Waals surface area contributed by atoms with E-state index in [0.717, 1.165) is 36.9 Å². The maximum Gasteiger partial charge on any atom is 0.0962 e. The lowest BCUT2D eigenvalue weighted by Crippen LogP contribution is -2.34. The van der Waals surface area contributed by atoms with Crippen LogP contribution in [0, 0.1) is 5.92 Å². The Morgan fingerprint density at radius 3 is 2.76 bits per heavy atom. The Bertz CT molecular complexity index is 850. The summed E-state index contributed by atoms with van der Waals surface area (Å²) in [6, 6.07) is 8.38. The van der Waals surface area contributed by atoms with Gasteiger partial charge in [0.25, 0.3) is 0 Å². The molecule has 7 heteroatoms. The van der Waals surface area contributed by atoms with Gasteiger partial charge in [0.2, 0.25) is 0 Å². The zero-order valence-corrected chi connectivity index (χ0v) is 15.6. The molecular formula is C18H22ClN5S. The average Bonchev–Trinajstić information content (AvgIpc) is 3.22. The van der Waals surface area contributed by atoms with E-state index in [1.807, 2.05) is 22.2 Å². The van der Waals surface area contributed by atoms with Crippen molar-refractivity contribution in [3.05, 3.63) is 46.1 Å². The summed E-state index contributed by atoms with van der Waals surface area (Å²) in [5.74, 6) is 0.654. The monoisotopic (exact) mass is 375 g/mol. The van der Waals surface area contributed by atoms with Gasteiger partial charge in [-0.1, -0.05) is 35.0 Å². The maximum absolute atomic E-state index is 6.58. The summed E-state index contributed by atoms with van der Waals surface area (Å²) in [4.78, 5) is 3.80. The predicted octanol–water partition coefficient (Wildman–Crippen LogP) is 3.52. The second kappa shape index (κ2) is 7.41. The average molecular weight is 376 g/mol. The summed E-state index contributed by atoms with van der Waals surface area (Å²) in [7, 11) is 0. The molecule has 2 aromatic heterocycles. The molecule has 25 heavy (non-hydrogen) atoms. The number of hydrogen-bond acceptors (Lipinski definition) is 5. The fourth-order valence-corrected chi connectivity index (χ4v) is 5.02. The number of thiophene rings is 1. The summed E-state index contributed by atoms with van der Waals surface area (Å²) in [5.41, 5.74) is 6.45. The van der Waals surface area contributed by atoms with E-state index in [9.17, 15) is 0 Å². The highest BCUT2D eigenvalue weighted by Crippen LogP contribution is 2.36. The van der Waals surface area contributed by atoms with E-state index in [-0.39, 0.29) is 0 Å². The maximum atomic E-state index is 6.58. The van der Waals surface area contributed by atoms with E-state index in [2.05, 4.69) is 39.5 Å². The minimum atomic E-state index is 0.453. The van der Waals surface area contributed by atoms with E-state index in [1.165, 1.54) is 27.8 Å². The lowest BCUT2D eigenvalue weighted by atomic mass is 9.97. The number of piperidine rings is 1. The van der Waals surface area contributed by atoms with Crippen LogP contribution in [-0.4, -0.2) is 33.0 Å². The second-order valence-corrected chi connectivity index (χ2v) is 8.21. The van der Waals surface area contributed by atoms with Crippen LogP contribution in [0.15, 0.2) is 30.5 Å². The van der Waals surface area contributed by atoms with Crippen molar-refractivity contribution in [2.75, 3.05) is 13.1 Å². The normalized spacial score (nSPS) is 16.7. The van der Waals surface area contributed by atoms with Gasteiger partial charge < -0.3 is 5.73 Å². The zero-order valence-electron chi connectivity index (χ0n) is 14.1. The topological polar surface area (TPSA) is 60.0 Å². The number of nitrogens with zero attached hydrogens (tertiary/aromatic N) is 4. The van der Waals surface area contributed by atoms with Crippen molar-refractivity contribution in [3.8, 4) is 0 Å². The van der Waals surface area contributed by atoms with E-state index >= 15 is 0 Å². The summed E-state index contributed by atoms with van der Waals surface area (Å²) < 4.78 is 3.21. The first kappa shape index (κ1) is 17.0. The lowest BCUT2D eigenvalue weighted by molar-refractivity contribution is 0.165. The summed E-state index contributed by atoms with van der Waals surface area (Å²) in [6.45, 7) is 4.55. The Balaban J connectivity index is 1.34. The minimum absolute atomic E-state index is 0.453. The van der Waals surface area contributed by atoms with Crippen LogP contribution in [0.1, 0.15) is 23.4 Å². The molecule has 0 saturated carbocycles. The predicted molar refractivity (Wildman–Crippen MR) is 103 cm³/mol. The van der Waals surface area contributed by atoms with Gasteiger partial charge in [-0.15, -0.1) is 16.4 Å². The van der Waals surface area contributed by atoms with Crippen LogP contribution in [0.2, 0.25) is 5.02 Å². The third-order valence-electron chi connectivity index (χ3n) is 4.92. The van der Waals surface area contributed by atoms with Crippen LogP contribution in [-0.2, 0) is 19.6 Å². The van der Waals surface area contributed by atoms with Gasteiger partial charge in [0.1, 0.15) is 0 Å². The molecule has 0 bridgehead atoms. The van der Waals surface area contributed by atoms with E-state index in [4.69, 9.17) is 17.3 Å². The van der Waals surface area contributed by atoms with Crippen molar-refractivity contribution >= 4 is 33.0 Å². The zero-order chi connectivity index (χ0) is 17.2. The van der Waals surface area contributed by atoms with Crippen molar-refractivity contribution < 1.29 is 0 Å². The summed E-state index contributed by atoms with van der Waals surface area (Å²) in [6.07, 6.45) is 4.32. The first-order valence-corrected chi connectivity index (χ1v) is 9.89. The van der Waals surface area contributed by atoms with Crippen molar-refractivity contribution in [1.29, 1.82) is 0 Å². The van der Waals surface area contributed by atoms with Gasteiger partial charge in [0.05, 0.1) is 10.7 Å². The molecule has 3 aromatic rings.